The summed E-state index contributed by atoms with van der Waals surface area (Å²) in [7, 11) is 0. The number of hydrogen-bond donors (Lipinski definition) is 2. The maximum Gasteiger partial charge on any atom is 0.227 e. The molecule has 0 atom stereocenters. The van der Waals surface area contributed by atoms with Crippen LogP contribution in [0.25, 0.3) is 0 Å². The summed E-state index contributed by atoms with van der Waals surface area (Å²) >= 11 is 0. The van der Waals surface area contributed by atoms with E-state index >= 15 is 0 Å². The van der Waals surface area contributed by atoms with E-state index in [2.05, 4.69) is 5.32 Å². The number of rotatable bonds is 5. The van der Waals surface area contributed by atoms with Gasteiger partial charge in [-0.25, -0.2) is 0 Å². The van der Waals surface area contributed by atoms with Crippen molar-refractivity contribution in [2.24, 2.45) is 0 Å². The van der Waals surface area contributed by atoms with E-state index in [0.29, 0.717) is 25.1 Å². The van der Waals surface area contributed by atoms with Crippen LogP contribution in [0.5, 0.6) is 0 Å². The van der Waals surface area contributed by atoms with Gasteiger partial charge in [0.25, 0.3) is 0 Å². The van der Waals surface area contributed by atoms with Crippen LogP contribution in [0.2, 0.25) is 0 Å². The summed E-state index contributed by atoms with van der Waals surface area (Å²) in [6.07, 6.45) is 1.84. The molecule has 0 aliphatic carbocycles. The number of nitrogen functional groups attached to an aromatic ring is 1. The van der Waals surface area contributed by atoms with Gasteiger partial charge in [-0.3, -0.25) is 9.59 Å². The molecule has 1 fully saturated rings. The summed E-state index contributed by atoms with van der Waals surface area (Å²) in [6.45, 7) is 1.22. The van der Waals surface area contributed by atoms with Crippen molar-refractivity contribution >= 4 is 23.2 Å². The van der Waals surface area contributed by atoms with Crippen LogP contribution in [-0.4, -0.2) is 18.4 Å². The summed E-state index contributed by atoms with van der Waals surface area (Å²) in [4.78, 5) is 25.7. The van der Waals surface area contributed by atoms with E-state index in [-0.39, 0.29) is 11.8 Å². The number of carbonyl (C=O) groups is 2. The summed E-state index contributed by atoms with van der Waals surface area (Å²) in [5.41, 5.74) is 9.15. The minimum atomic E-state index is -0.0394. The highest BCUT2D eigenvalue weighted by atomic mass is 16.2. The molecule has 0 spiro atoms. The molecule has 5 nitrogen and oxygen atoms in total. The summed E-state index contributed by atoms with van der Waals surface area (Å²) in [6, 6.07) is 15.1. The van der Waals surface area contributed by atoms with E-state index < -0.39 is 0 Å². The van der Waals surface area contributed by atoms with E-state index in [4.69, 9.17) is 5.73 Å². The van der Waals surface area contributed by atoms with Crippen molar-refractivity contribution in [3.63, 3.8) is 0 Å². The monoisotopic (exact) mass is 323 g/mol. The third-order valence-corrected chi connectivity index (χ3v) is 4.13. The van der Waals surface area contributed by atoms with Crippen molar-refractivity contribution in [2.75, 3.05) is 17.2 Å². The molecule has 1 aliphatic heterocycles. The first kappa shape index (κ1) is 16.1. The fourth-order valence-electron chi connectivity index (χ4n) is 2.84. The van der Waals surface area contributed by atoms with Crippen molar-refractivity contribution in [1.82, 2.24) is 5.32 Å². The first-order valence-corrected chi connectivity index (χ1v) is 8.12. The van der Waals surface area contributed by atoms with Crippen molar-refractivity contribution in [3.05, 3.63) is 59.7 Å². The summed E-state index contributed by atoms with van der Waals surface area (Å²) < 4.78 is 0. The Morgan fingerprint density at radius 3 is 2.62 bits per heavy atom. The molecule has 2 aromatic carbocycles. The van der Waals surface area contributed by atoms with E-state index in [1.165, 1.54) is 0 Å². The molecule has 2 aromatic rings. The molecule has 0 unspecified atom stereocenters. The maximum atomic E-state index is 12.1. The number of nitrogens with two attached hydrogens (primary N) is 1. The van der Waals surface area contributed by atoms with Gasteiger partial charge in [-0.15, -0.1) is 0 Å². The Labute approximate surface area is 141 Å². The zero-order valence-electron chi connectivity index (χ0n) is 13.5. The van der Waals surface area contributed by atoms with Crippen LogP contribution >= 0.6 is 0 Å². The number of amides is 2. The molecule has 24 heavy (non-hydrogen) atoms. The topological polar surface area (TPSA) is 75.4 Å². The van der Waals surface area contributed by atoms with E-state index in [1.807, 2.05) is 36.4 Å². The highest BCUT2D eigenvalue weighted by molar-refractivity contribution is 5.95. The van der Waals surface area contributed by atoms with Gasteiger partial charge >= 0.3 is 0 Å². The molecule has 5 heteroatoms. The first-order valence-electron chi connectivity index (χ1n) is 8.12. The van der Waals surface area contributed by atoms with Gasteiger partial charge in [0, 0.05) is 30.9 Å². The second-order valence-corrected chi connectivity index (χ2v) is 6.01. The Hall–Kier alpha value is -2.82. The predicted molar refractivity (Wildman–Crippen MR) is 94.4 cm³/mol. The van der Waals surface area contributed by atoms with Gasteiger partial charge in [0.1, 0.15) is 0 Å². The standard InChI is InChI=1S/C19H21N3O2/c20-16-8-6-14(7-9-16)12-18(23)21-13-15-3-1-4-17(11-15)22-10-2-5-19(22)24/h1,3-4,6-9,11H,2,5,10,12-13,20H2,(H,21,23). The number of benzene rings is 2. The molecule has 3 N–H and O–H groups in total. The third-order valence-electron chi connectivity index (χ3n) is 4.13. The quantitative estimate of drug-likeness (QED) is 0.829. The third kappa shape index (κ3) is 3.93. The highest BCUT2D eigenvalue weighted by Crippen LogP contribution is 2.22. The van der Waals surface area contributed by atoms with Crippen molar-refractivity contribution in [3.8, 4) is 0 Å². The minimum Gasteiger partial charge on any atom is -0.399 e. The van der Waals surface area contributed by atoms with Crippen molar-refractivity contribution < 1.29 is 9.59 Å². The predicted octanol–water partition coefficient (Wildman–Crippen LogP) is 2.25. The molecule has 0 radical (unpaired) electrons. The molecule has 0 saturated carbocycles. The van der Waals surface area contributed by atoms with Crippen LogP contribution in [0.1, 0.15) is 24.0 Å². The Morgan fingerprint density at radius 1 is 1.12 bits per heavy atom. The second kappa shape index (κ2) is 7.17. The molecule has 1 heterocycles. The SMILES string of the molecule is Nc1ccc(CC(=O)NCc2cccc(N3CCCC3=O)c2)cc1. The molecule has 1 saturated heterocycles. The molecular formula is C19H21N3O2. The van der Waals surface area contributed by atoms with Gasteiger partial charge in [-0.2, -0.15) is 0 Å². The fourth-order valence-corrected chi connectivity index (χ4v) is 2.84. The van der Waals surface area contributed by atoms with Crippen LogP contribution < -0.4 is 16.0 Å². The number of nitrogens with zero attached hydrogens (tertiary/aromatic N) is 1. The van der Waals surface area contributed by atoms with Crippen LogP contribution in [0.15, 0.2) is 48.5 Å². The molecule has 2 amide bonds. The average Bonchev–Trinajstić information content (AvgIpc) is 3.01. The van der Waals surface area contributed by atoms with Gasteiger partial charge < -0.3 is 16.0 Å². The molecule has 3 rings (SSSR count). The number of carbonyl (C=O) groups excluding carboxylic acids is 2. The number of hydrogen-bond acceptors (Lipinski definition) is 3. The van der Waals surface area contributed by atoms with Gasteiger partial charge in [0.15, 0.2) is 0 Å². The lowest BCUT2D eigenvalue weighted by atomic mass is 10.1. The summed E-state index contributed by atoms with van der Waals surface area (Å²) in [5.74, 6) is 0.127. The Morgan fingerprint density at radius 2 is 1.92 bits per heavy atom. The smallest absolute Gasteiger partial charge is 0.227 e. The highest BCUT2D eigenvalue weighted by Gasteiger charge is 2.21. The average molecular weight is 323 g/mol. The number of anilines is 2. The minimum absolute atomic E-state index is 0.0394. The second-order valence-electron chi connectivity index (χ2n) is 6.01. The molecule has 1 aliphatic rings. The lowest BCUT2D eigenvalue weighted by Gasteiger charge is -2.16. The Kier molecular flexibility index (Phi) is 4.79. The maximum absolute atomic E-state index is 12.1. The molecule has 0 aromatic heterocycles. The lowest BCUT2D eigenvalue weighted by Crippen LogP contribution is -2.26. The molecule has 0 bridgehead atoms. The van der Waals surface area contributed by atoms with Crippen molar-refractivity contribution in [1.29, 1.82) is 0 Å². The Bertz CT molecular complexity index is 741. The van der Waals surface area contributed by atoms with Crippen LogP contribution in [0, 0.1) is 0 Å². The summed E-state index contributed by atoms with van der Waals surface area (Å²) in [5, 5.41) is 2.92. The molecule has 124 valence electrons. The van der Waals surface area contributed by atoms with E-state index in [0.717, 1.165) is 29.8 Å². The lowest BCUT2D eigenvalue weighted by molar-refractivity contribution is -0.120. The normalized spacial score (nSPS) is 14.0. The van der Waals surface area contributed by atoms with Crippen molar-refractivity contribution in [2.45, 2.75) is 25.8 Å². The van der Waals surface area contributed by atoms with E-state index in [1.54, 1.807) is 17.0 Å². The zero-order chi connectivity index (χ0) is 16.9. The fraction of sp³-hybridized carbons (Fsp3) is 0.263. The van der Waals surface area contributed by atoms with E-state index in [9.17, 15) is 9.59 Å². The number of nitrogens with one attached hydrogen (secondary N) is 1. The van der Waals surface area contributed by atoms with Gasteiger partial charge in [-0.1, -0.05) is 24.3 Å². The van der Waals surface area contributed by atoms with Crippen LogP contribution in [-0.2, 0) is 22.6 Å². The van der Waals surface area contributed by atoms with Crippen LogP contribution in [0.4, 0.5) is 11.4 Å². The Balaban J connectivity index is 1.57. The van der Waals surface area contributed by atoms with Gasteiger partial charge in [0.05, 0.1) is 6.42 Å². The van der Waals surface area contributed by atoms with Gasteiger partial charge in [-0.05, 0) is 41.8 Å². The van der Waals surface area contributed by atoms with Crippen LogP contribution in [0.3, 0.4) is 0 Å². The first-order chi connectivity index (χ1) is 11.6. The van der Waals surface area contributed by atoms with Gasteiger partial charge in [0.2, 0.25) is 11.8 Å². The largest absolute Gasteiger partial charge is 0.399 e. The molecular weight excluding hydrogens is 302 g/mol. The zero-order valence-corrected chi connectivity index (χ0v) is 13.5.